The molecule has 1 aliphatic rings. The number of methoxy groups -OCH3 is 1. The molecule has 28 heavy (non-hydrogen) atoms. The van der Waals surface area contributed by atoms with E-state index < -0.39 is 16.8 Å². The number of hydrazone groups is 1. The van der Waals surface area contributed by atoms with Crippen molar-refractivity contribution >= 4 is 58.2 Å². The van der Waals surface area contributed by atoms with Crippen LogP contribution in [-0.2, 0) is 14.3 Å². The molecule has 1 aliphatic heterocycles. The molecule has 0 fully saturated rings. The van der Waals surface area contributed by atoms with Crippen LogP contribution in [0.1, 0.15) is 5.56 Å². The Morgan fingerprint density at radius 2 is 1.86 bits per heavy atom. The smallest absolute Gasteiger partial charge is 0.359 e. The van der Waals surface area contributed by atoms with Crippen molar-refractivity contribution in [3.63, 3.8) is 0 Å². The fourth-order valence-electron chi connectivity index (χ4n) is 2.56. The first kappa shape index (κ1) is 19.5. The van der Waals surface area contributed by atoms with Gasteiger partial charge in [0, 0.05) is 16.1 Å². The zero-order valence-electron chi connectivity index (χ0n) is 14.3. The van der Waals surface area contributed by atoms with E-state index in [9.17, 15) is 19.7 Å². The van der Waals surface area contributed by atoms with Crippen molar-refractivity contribution < 1.29 is 19.2 Å². The molecule has 0 N–H and O–H groups in total. The van der Waals surface area contributed by atoms with Crippen LogP contribution in [0.2, 0.25) is 10.0 Å². The monoisotopic (exact) mass is 419 g/mol. The molecule has 0 atom stereocenters. The molecule has 2 aromatic rings. The summed E-state index contributed by atoms with van der Waals surface area (Å²) in [4.78, 5) is 35.7. The van der Waals surface area contributed by atoms with Gasteiger partial charge in [0.05, 0.1) is 28.9 Å². The Kier molecular flexibility index (Phi) is 5.43. The number of nitro groups is 1. The number of rotatable bonds is 4. The van der Waals surface area contributed by atoms with Gasteiger partial charge in [-0.1, -0.05) is 35.3 Å². The lowest BCUT2D eigenvalue weighted by Gasteiger charge is -2.12. The van der Waals surface area contributed by atoms with Gasteiger partial charge in [-0.2, -0.15) is 10.1 Å². The molecule has 0 saturated heterocycles. The Hall–Kier alpha value is -3.23. The molecule has 1 heterocycles. The van der Waals surface area contributed by atoms with Crippen LogP contribution in [0.5, 0.6) is 0 Å². The number of nitrogens with zero attached hydrogens (tertiary/aromatic N) is 3. The minimum Gasteiger partial charge on any atom is -0.464 e. The Labute approximate surface area is 168 Å². The predicted molar refractivity (Wildman–Crippen MR) is 104 cm³/mol. The highest BCUT2D eigenvalue weighted by Gasteiger charge is 2.36. The zero-order valence-corrected chi connectivity index (χ0v) is 15.8. The molecule has 8 nitrogen and oxygen atoms in total. The average molecular weight is 420 g/mol. The molecule has 10 heteroatoms. The Bertz CT molecular complexity index is 1040. The van der Waals surface area contributed by atoms with Gasteiger partial charge in [-0.25, -0.2) is 4.79 Å². The molecule has 1 amide bonds. The number of halogens is 2. The summed E-state index contributed by atoms with van der Waals surface area (Å²) >= 11 is 11.9. The highest BCUT2D eigenvalue weighted by atomic mass is 35.5. The lowest BCUT2D eigenvalue weighted by Crippen LogP contribution is -2.22. The van der Waals surface area contributed by atoms with Crippen LogP contribution in [0.4, 0.5) is 11.4 Å². The molecule has 2 aromatic carbocycles. The molecule has 142 valence electrons. The van der Waals surface area contributed by atoms with Gasteiger partial charge in [0.25, 0.3) is 11.6 Å². The van der Waals surface area contributed by atoms with E-state index in [1.807, 2.05) is 0 Å². The second-order valence-electron chi connectivity index (χ2n) is 5.56. The van der Waals surface area contributed by atoms with Crippen LogP contribution in [0.25, 0.3) is 6.08 Å². The summed E-state index contributed by atoms with van der Waals surface area (Å²) in [5, 5.41) is 16.7. The third-order valence-electron chi connectivity index (χ3n) is 3.78. The lowest BCUT2D eigenvalue weighted by molar-refractivity contribution is -0.385. The molecular weight excluding hydrogens is 409 g/mol. The van der Waals surface area contributed by atoms with Gasteiger partial charge < -0.3 is 4.74 Å². The van der Waals surface area contributed by atoms with E-state index in [-0.39, 0.29) is 38.3 Å². The molecule has 0 unspecified atom stereocenters. The third-order valence-corrected chi connectivity index (χ3v) is 4.22. The van der Waals surface area contributed by atoms with E-state index >= 15 is 0 Å². The van der Waals surface area contributed by atoms with Crippen LogP contribution in [0.15, 0.2) is 53.1 Å². The van der Waals surface area contributed by atoms with Crippen molar-refractivity contribution in [3.05, 3.63) is 73.8 Å². The average Bonchev–Trinajstić information content (AvgIpc) is 2.97. The maximum absolute atomic E-state index is 12.9. The van der Waals surface area contributed by atoms with Gasteiger partial charge in [-0.3, -0.25) is 14.9 Å². The van der Waals surface area contributed by atoms with Crippen LogP contribution >= 0.6 is 23.2 Å². The summed E-state index contributed by atoms with van der Waals surface area (Å²) in [7, 11) is 1.14. The fourth-order valence-corrected chi connectivity index (χ4v) is 3.07. The summed E-state index contributed by atoms with van der Waals surface area (Å²) in [6, 6.07) is 10.2. The van der Waals surface area contributed by atoms with Crippen molar-refractivity contribution in [2.75, 3.05) is 12.1 Å². The largest absolute Gasteiger partial charge is 0.464 e. The van der Waals surface area contributed by atoms with E-state index in [1.165, 1.54) is 42.5 Å². The highest BCUT2D eigenvalue weighted by molar-refractivity contribution is 6.54. The minimum atomic E-state index is -0.867. The topological polar surface area (TPSA) is 102 Å². The Morgan fingerprint density at radius 1 is 1.21 bits per heavy atom. The predicted octanol–water partition coefficient (Wildman–Crippen LogP) is 3.86. The van der Waals surface area contributed by atoms with Crippen LogP contribution < -0.4 is 5.01 Å². The molecule has 0 spiro atoms. The molecule has 0 aliphatic carbocycles. The second kappa shape index (κ2) is 7.79. The Morgan fingerprint density at radius 3 is 2.46 bits per heavy atom. The quantitative estimate of drug-likeness (QED) is 0.324. The van der Waals surface area contributed by atoms with Crippen molar-refractivity contribution in [1.29, 1.82) is 0 Å². The highest BCUT2D eigenvalue weighted by Crippen LogP contribution is 2.31. The molecule has 0 bridgehead atoms. The van der Waals surface area contributed by atoms with Gasteiger partial charge >= 0.3 is 5.97 Å². The number of anilines is 1. The molecular formula is C18H11Cl2N3O5. The zero-order chi connectivity index (χ0) is 20.4. The van der Waals surface area contributed by atoms with E-state index in [0.717, 1.165) is 12.1 Å². The van der Waals surface area contributed by atoms with E-state index in [2.05, 4.69) is 9.84 Å². The van der Waals surface area contributed by atoms with E-state index in [1.54, 1.807) is 6.07 Å². The number of carbonyl (C=O) groups is 2. The van der Waals surface area contributed by atoms with E-state index in [0.29, 0.717) is 0 Å². The summed E-state index contributed by atoms with van der Waals surface area (Å²) in [5.41, 5.74) is -0.302. The normalized spacial score (nSPS) is 15.0. The standard InChI is InChI=1S/C18H11Cl2N3O5/c1-28-18(25)16-14(6-10-4-2-3-5-15(10)23(26)27)17(24)22(21-16)13-8-11(19)7-12(20)9-13/h2-9H,1H3. The molecule has 0 aromatic heterocycles. The van der Waals surface area contributed by atoms with Crippen molar-refractivity contribution in [1.82, 2.24) is 0 Å². The first-order valence-electron chi connectivity index (χ1n) is 7.74. The van der Waals surface area contributed by atoms with Gasteiger partial charge in [0.15, 0.2) is 5.71 Å². The fraction of sp³-hybridized carbons (Fsp3) is 0.0556. The first-order valence-corrected chi connectivity index (χ1v) is 8.50. The van der Waals surface area contributed by atoms with Crippen LogP contribution in [-0.4, -0.2) is 29.6 Å². The summed E-state index contributed by atoms with van der Waals surface area (Å²) in [6.45, 7) is 0. The number of benzene rings is 2. The number of hydrogen-bond acceptors (Lipinski definition) is 6. The number of para-hydroxylation sites is 1. The SMILES string of the molecule is COC(=O)C1=NN(c2cc(Cl)cc(Cl)c2)C(=O)C1=Cc1ccccc1[N+](=O)[O-]. The number of carbonyl (C=O) groups excluding carboxylic acids is 2. The van der Waals surface area contributed by atoms with Gasteiger partial charge in [-0.15, -0.1) is 0 Å². The molecule has 3 rings (SSSR count). The summed E-state index contributed by atoms with van der Waals surface area (Å²) < 4.78 is 4.68. The minimum absolute atomic E-state index is 0.137. The maximum atomic E-state index is 12.9. The summed E-state index contributed by atoms with van der Waals surface area (Å²) in [5.74, 6) is -1.55. The number of amides is 1. The van der Waals surface area contributed by atoms with Gasteiger partial charge in [0.1, 0.15) is 0 Å². The lowest BCUT2D eigenvalue weighted by atomic mass is 10.0. The van der Waals surface area contributed by atoms with Gasteiger partial charge in [0.2, 0.25) is 0 Å². The van der Waals surface area contributed by atoms with Gasteiger partial charge in [-0.05, 0) is 30.3 Å². The van der Waals surface area contributed by atoms with Crippen LogP contribution in [0.3, 0.4) is 0 Å². The van der Waals surface area contributed by atoms with Crippen LogP contribution in [0, 0.1) is 10.1 Å². The number of nitro benzene ring substituents is 1. The van der Waals surface area contributed by atoms with E-state index in [4.69, 9.17) is 23.2 Å². The Balaban J connectivity index is 2.14. The van der Waals surface area contributed by atoms with Crippen molar-refractivity contribution in [3.8, 4) is 0 Å². The second-order valence-corrected chi connectivity index (χ2v) is 6.43. The maximum Gasteiger partial charge on any atom is 0.359 e. The first-order chi connectivity index (χ1) is 13.3. The molecule has 0 saturated carbocycles. The summed E-state index contributed by atoms with van der Waals surface area (Å²) in [6.07, 6.45) is 1.22. The number of esters is 1. The number of hydrogen-bond donors (Lipinski definition) is 0. The number of ether oxygens (including phenoxy) is 1. The molecule has 0 radical (unpaired) electrons. The third kappa shape index (κ3) is 3.73. The van der Waals surface area contributed by atoms with Crippen molar-refractivity contribution in [2.45, 2.75) is 0 Å². The van der Waals surface area contributed by atoms with Crippen molar-refractivity contribution in [2.24, 2.45) is 5.10 Å².